The van der Waals surface area contributed by atoms with Crippen molar-refractivity contribution in [3.63, 3.8) is 0 Å². The second-order valence-electron chi connectivity index (χ2n) is 4.57. The number of hydrogen-bond donors (Lipinski definition) is 2. The zero-order chi connectivity index (χ0) is 17.5. The third-order valence-corrected chi connectivity index (χ3v) is 3.82. The van der Waals surface area contributed by atoms with Gasteiger partial charge in [0.1, 0.15) is 0 Å². The van der Waals surface area contributed by atoms with Crippen LogP contribution < -0.4 is 10.7 Å². The Kier molecular flexibility index (Phi) is 6.54. The summed E-state index contributed by atoms with van der Waals surface area (Å²) in [4.78, 5) is 11.4. The summed E-state index contributed by atoms with van der Waals surface area (Å²) in [6, 6.07) is 11.8. The van der Waals surface area contributed by atoms with Crippen LogP contribution in [0.2, 0.25) is 10.0 Å². The lowest BCUT2D eigenvalue weighted by molar-refractivity contribution is 0.0601. The van der Waals surface area contributed by atoms with Crippen LogP contribution in [0.4, 0.5) is 5.69 Å². The van der Waals surface area contributed by atoms with Gasteiger partial charge >= 0.3 is 5.97 Å². The van der Waals surface area contributed by atoms with Crippen molar-refractivity contribution in [2.45, 2.75) is 0 Å². The molecule has 8 heteroatoms. The summed E-state index contributed by atoms with van der Waals surface area (Å²) in [5, 5.41) is 8.19. The van der Waals surface area contributed by atoms with Crippen LogP contribution in [0.25, 0.3) is 0 Å². The van der Waals surface area contributed by atoms with Gasteiger partial charge in [-0.2, -0.15) is 5.10 Å². The van der Waals surface area contributed by atoms with Gasteiger partial charge in [-0.15, -0.1) is 0 Å². The maximum Gasteiger partial charge on any atom is 0.337 e. The fourth-order valence-electron chi connectivity index (χ4n) is 1.72. The normalized spacial score (nSPS) is 10.5. The Balaban J connectivity index is 1.89. The lowest BCUT2D eigenvalue weighted by Gasteiger charge is -2.07. The molecule has 0 unspecified atom stereocenters. The van der Waals surface area contributed by atoms with Crippen molar-refractivity contribution in [2.24, 2.45) is 5.10 Å². The van der Waals surface area contributed by atoms with Gasteiger partial charge in [-0.25, -0.2) is 4.79 Å². The molecule has 0 amide bonds. The molecule has 24 heavy (non-hydrogen) atoms. The quantitative estimate of drug-likeness (QED) is 0.361. The Bertz CT molecular complexity index is 779. The van der Waals surface area contributed by atoms with E-state index in [4.69, 9.17) is 35.4 Å². The number of carbonyl (C=O) groups is 1. The molecule has 2 rings (SSSR count). The van der Waals surface area contributed by atoms with Gasteiger partial charge in [0.2, 0.25) is 0 Å². The molecule has 0 aliphatic carbocycles. The highest BCUT2D eigenvalue weighted by Gasteiger charge is 2.04. The molecular formula is C16H13Cl2N3O2S. The Hall–Kier alpha value is -2.15. The monoisotopic (exact) mass is 381 g/mol. The highest BCUT2D eigenvalue weighted by Crippen LogP contribution is 2.21. The number of rotatable bonds is 4. The van der Waals surface area contributed by atoms with E-state index in [-0.39, 0.29) is 0 Å². The van der Waals surface area contributed by atoms with Crippen molar-refractivity contribution < 1.29 is 9.53 Å². The predicted octanol–water partition coefficient (Wildman–Crippen LogP) is 4.10. The Morgan fingerprint density at radius 2 is 1.88 bits per heavy atom. The third-order valence-electron chi connectivity index (χ3n) is 2.89. The van der Waals surface area contributed by atoms with Crippen molar-refractivity contribution in [2.75, 3.05) is 12.4 Å². The summed E-state index contributed by atoms with van der Waals surface area (Å²) in [5.41, 5.74) is 4.63. The van der Waals surface area contributed by atoms with Crippen molar-refractivity contribution in [1.82, 2.24) is 5.43 Å². The summed E-state index contributed by atoms with van der Waals surface area (Å²) < 4.78 is 4.63. The molecule has 124 valence electrons. The highest BCUT2D eigenvalue weighted by atomic mass is 35.5. The summed E-state index contributed by atoms with van der Waals surface area (Å²) in [6.45, 7) is 0. The van der Waals surface area contributed by atoms with Gasteiger partial charge in [0, 0.05) is 5.69 Å². The van der Waals surface area contributed by atoms with Crippen LogP contribution in [0.1, 0.15) is 15.9 Å². The number of halogens is 2. The Labute approximate surface area is 154 Å². The first-order chi connectivity index (χ1) is 11.5. The first kappa shape index (κ1) is 18.2. The average Bonchev–Trinajstić information content (AvgIpc) is 2.58. The molecule has 0 saturated carbocycles. The average molecular weight is 382 g/mol. The maximum absolute atomic E-state index is 11.4. The first-order valence-corrected chi connectivity index (χ1v) is 7.89. The van der Waals surface area contributed by atoms with Crippen LogP contribution in [0.15, 0.2) is 47.6 Å². The highest BCUT2D eigenvalue weighted by molar-refractivity contribution is 7.80. The van der Waals surface area contributed by atoms with Crippen molar-refractivity contribution in [1.29, 1.82) is 0 Å². The molecule has 0 radical (unpaired) electrons. The minimum atomic E-state index is -0.395. The molecule has 0 bridgehead atoms. The lowest BCUT2D eigenvalue weighted by atomic mass is 10.2. The molecule has 0 saturated heterocycles. The third kappa shape index (κ3) is 5.19. The molecule has 0 aliphatic rings. The number of nitrogens with zero attached hydrogens (tertiary/aromatic N) is 1. The number of hydrogen-bond acceptors (Lipinski definition) is 4. The Morgan fingerprint density at radius 3 is 2.50 bits per heavy atom. The van der Waals surface area contributed by atoms with Gasteiger partial charge < -0.3 is 10.1 Å². The standard InChI is InChI=1S/C16H13Cl2N3O2S/c1-23-15(22)11-3-5-12(6-4-11)20-16(24)21-19-9-10-2-7-13(17)14(18)8-10/h2-9H,1H3,(H2,20,21,24)/b19-9-. The van der Waals surface area contributed by atoms with Crippen LogP contribution in [0.3, 0.4) is 0 Å². The smallest absolute Gasteiger partial charge is 0.337 e. The van der Waals surface area contributed by atoms with Gasteiger partial charge in [-0.05, 0) is 54.2 Å². The summed E-state index contributed by atoms with van der Waals surface area (Å²) in [6.07, 6.45) is 1.57. The van der Waals surface area contributed by atoms with Crippen LogP contribution in [0.5, 0.6) is 0 Å². The van der Waals surface area contributed by atoms with E-state index in [1.807, 2.05) is 0 Å². The van der Waals surface area contributed by atoms with E-state index in [1.165, 1.54) is 7.11 Å². The number of ether oxygens (including phenoxy) is 1. The summed E-state index contributed by atoms with van der Waals surface area (Å²) in [5.74, 6) is -0.395. The van der Waals surface area contributed by atoms with E-state index in [9.17, 15) is 4.79 Å². The fourth-order valence-corrected chi connectivity index (χ4v) is 2.20. The molecule has 0 aliphatic heterocycles. The van der Waals surface area contributed by atoms with Crippen LogP contribution >= 0.6 is 35.4 Å². The molecule has 2 aromatic carbocycles. The molecule has 0 heterocycles. The zero-order valence-corrected chi connectivity index (χ0v) is 14.9. The van der Waals surface area contributed by atoms with E-state index in [0.717, 1.165) is 5.56 Å². The number of thiocarbonyl (C=S) groups is 1. The molecule has 2 aromatic rings. The van der Waals surface area contributed by atoms with E-state index < -0.39 is 5.97 Å². The molecule has 0 atom stereocenters. The Morgan fingerprint density at radius 1 is 1.17 bits per heavy atom. The molecule has 0 spiro atoms. The minimum Gasteiger partial charge on any atom is -0.465 e. The van der Waals surface area contributed by atoms with Crippen LogP contribution in [-0.4, -0.2) is 24.4 Å². The van der Waals surface area contributed by atoms with Crippen molar-refractivity contribution >= 4 is 58.4 Å². The summed E-state index contributed by atoms with van der Waals surface area (Å²) >= 11 is 16.9. The lowest BCUT2D eigenvalue weighted by Crippen LogP contribution is -2.23. The minimum absolute atomic E-state index is 0.303. The number of carbonyl (C=O) groups excluding carboxylic acids is 1. The van der Waals surface area contributed by atoms with E-state index in [0.29, 0.717) is 26.4 Å². The van der Waals surface area contributed by atoms with Crippen molar-refractivity contribution in [3.05, 3.63) is 63.6 Å². The topological polar surface area (TPSA) is 62.7 Å². The molecule has 5 nitrogen and oxygen atoms in total. The van der Waals surface area contributed by atoms with E-state index in [1.54, 1.807) is 48.7 Å². The van der Waals surface area contributed by atoms with Crippen LogP contribution in [-0.2, 0) is 4.74 Å². The van der Waals surface area contributed by atoms with Gasteiger partial charge in [0.25, 0.3) is 0 Å². The van der Waals surface area contributed by atoms with E-state index in [2.05, 4.69) is 20.6 Å². The molecule has 0 fully saturated rings. The van der Waals surface area contributed by atoms with Crippen LogP contribution in [0, 0.1) is 0 Å². The second-order valence-corrected chi connectivity index (χ2v) is 5.79. The maximum atomic E-state index is 11.4. The largest absolute Gasteiger partial charge is 0.465 e. The first-order valence-electron chi connectivity index (χ1n) is 6.73. The number of anilines is 1. The van der Waals surface area contributed by atoms with Gasteiger partial charge in [0.15, 0.2) is 5.11 Å². The number of esters is 1. The molecule has 2 N–H and O–H groups in total. The molecular weight excluding hydrogens is 369 g/mol. The number of hydrazone groups is 1. The second kappa shape index (κ2) is 8.63. The zero-order valence-electron chi connectivity index (χ0n) is 12.5. The van der Waals surface area contributed by atoms with Crippen molar-refractivity contribution in [3.8, 4) is 0 Å². The van der Waals surface area contributed by atoms with Gasteiger partial charge in [-0.1, -0.05) is 29.3 Å². The van der Waals surface area contributed by atoms with Gasteiger partial charge in [-0.3, -0.25) is 5.43 Å². The summed E-state index contributed by atoms with van der Waals surface area (Å²) in [7, 11) is 1.33. The number of benzene rings is 2. The fraction of sp³-hybridized carbons (Fsp3) is 0.0625. The number of nitrogens with one attached hydrogen (secondary N) is 2. The van der Waals surface area contributed by atoms with Gasteiger partial charge in [0.05, 0.1) is 28.9 Å². The SMILES string of the molecule is COC(=O)c1ccc(NC(=S)N/N=C\c2ccc(Cl)c(Cl)c2)cc1. The predicted molar refractivity (Wildman–Crippen MR) is 101 cm³/mol. The molecule has 0 aromatic heterocycles. The van der Waals surface area contributed by atoms with E-state index >= 15 is 0 Å². The number of methoxy groups -OCH3 is 1.